The molecule has 1 rings (SSSR count). The van der Waals surface area contributed by atoms with Gasteiger partial charge in [-0.05, 0) is 6.42 Å². The number of alkyl halides is 3. The molecule has 0 saturated carbocycles. The van der Waals surface area contributed by atoms with Crippen LogP contribution in [0.5, 0.6) is 0 Å². The third-order valence-electron chi connectivity index (χ3n) is 1.01. The van der Waals surface area contributed by atoms with E-state index in [4.69, 9.17) is 0 Å². The highest BCUT2D eigenvalue weighted by molar-refractivity contribution is 7.11. The first-order valence-electron chi connectivity index (χ1n) is 3.93. The number of aryl methyl sites for hydroxylation is 1. The first-order valence-corrected chi connectivity index (χ1v) is 4.75. The minimum Gasteiger partial charge on any atom is -0.164 e. The molecule has 1 heterocycles. The molecule has 0 radical (unpaired) electrons. The van der Waals surface area contributed by atoms with E-state index in [1.54, 1.807) is 6.92 Å². The van der Waals surface area contributed by atoms with Gasteiger partial charge in [-0.1, -0.05) is 32.1 Å². The van der Waals surface area contributed by atoms with Crippen LogP contribution in [0.1, 0.15) is 30.8 Å². The lowest BCUT2D eigenvalue weighted by atomic mass is 10.5. The summed E-state index contributed by atoms with van der Waals surface area (Å²) >= 11 is 0.593. The van der Waals surface area contributed by atoms with Crippen molar-refractivity contribution in [1.29, 1.82) is 0 Å². The highest BCUT2D eigenvalue weighted by Gasteiger charge is 2.35. The second kappa shape index (κ2) is 5.16. The zero-order valence-electron chi connectivity index (χ0n) is 7.64. The molecule has 0 bridgehead atoms. The quantitative estimate of drug-likeness (QED) is 0.714. The molecule has 0 aliphatic carbocycles. The van der Waals surface area contributed by atoms with E-state index in [0.29, 0.717) is 22.8 Å². The van der Waals surface area contributed by atoms with Crippen molar-refractivity contribution in [2.75, 3.05) is 0 Å². The van der Waals surface area contributed by atoms with Crippen molar-refractivity contribution in [3.05, 3.63) is 10.0 Å². The van der Waals surface area contributed by atoms with Crippen LogP contribution in [0.3, 0.4) is 0 Å². The molecule has 0 atom stereocenters. The highest BCUT2D eigenvalue weighted by atomic mass is 32.1. The van der Waals surface area contributed by atoms with E-state index in [9.17, 15) is 13.2 Å². The fraction of sp³-hybridized carbons (Fsp3) is 0.714. The molecule has 0 saturated heterocycles. The molecule has 0 amide bonds. The fourth-order valence-corrected chi connectivity index (χ4v) is 1.16. The van der Waals surface area contributed by atoms with Crippen LogP contribution in [0.25, 0.3) is 0 Å². The summed E-state index contributed by atoms with van der Waals surface area (Å²) in [5.74, 6) is 0. The monoisotopic (exact) mass is 212 g/mol. The third-order valence-corrected chi connectivity index (χ3v) is 2.12. The number of nitrogens with zero attached hydrogens (tertiary/aromatic N) is 2. The van der Waals surface area contributed by atoms with E-state index >= 15 is 0 Å². The van der Waals surface area contributed by atoms with Crippen molar-refractivity contribution < 1.29 is 13.2 Å². The molecule has 1 aromatic heterocycles. The SMILES string of the molecule is CC.CCc1nnc(C(F)(F)F)s1. The van der Waals surface area contributed by atoms with Gasteiger partial charge in [-0.3, -0.25) is 0 Å². The molecule has 0 spiro atoms. The predicted molar refractivity (Wildman–Crippen MR) is 45.6 cm³/mol. The standard InChI is InChI=1S/C5H5F3N2S.C2H6/c1-2-3-9-10-4(11-3)5(6,7)8;1-2/h2H2,1H3;1-2H3. The summed E-state index contributed by atoms with van der Waals surface area (Å²) in [7, 11) is 0. The van der Waals surface area contributed by atoms with Crippen LogP contribution >= 0.6 is 11.3 Å². The molecule has 1 aromatic rings. The van der Waals surface area contributed by atoms with Gasteiger partial charge in [0.05, 0.1) is 0 Å². The molecule has 6 heteroatoms. The van der Waals surface area contributed by atoms with Crippen LogP contribution in [0.15, 0.2) is 0 Å². The summed E-state index contributed by atoms with van der Waals surface area (Å²) < 4.78 is 35.5. The molecule has 0 fully saturated rings. The van der Waals surface area contributed by atoms with Gasteiger partial charge in [0.1, 0.15) is 5.01 Å². The van der Waals surface area contributed by atoms with Gasteiger partial charge in [0.2, 0.25) is 5.01 Å². The average molecular weight is 212 g/mol. The molecule has 0 aromatic carbocycles. The molecule has 13 heavy (non-hydrogen) atoms. The first kappa shape index (κ1) is 12.3. The Morgan fingerprint density at radius 2 is 1.77 bits per heavy atom. The molecular weight excluding hydrogens is 201 g/mol. The number of halogens is 3. The lowest BCUT2D eigenvalue weighted by Gasteiger charge is -1.97. The zero-order chi connectivity index (χ0) is 10.5. The zero-order valence-corrected chi connectivity index (χ0v) is 8.46. The Balaban J connectivity index is 0.000000671. The maximum atomic E-state index is 11.8. The summed E-state index contributed by atoms with van der Waals surface area (Å²) in [6.45, 7) is 5.74. The number of aromatic nitrogens is 2. The first-order chi connectivity index (χ1) is 6.04. The van der Waals surface area contributed by atoms with Crippen molar-refractivity contribution in [1.82, 2.24) is 10.2 Å². The summed E-state index contributed by atoms with van der Waals surface area (Å²) in [6.07, 6.45) is -3.85. The molecule has 2 nitrogen and oxygen atoms in total. The van der Waals surface area contributed by atoms with Crippen LogP contribution in [0.2, 0.25) is 0 Å². The Morgan fingerprint density at radius 1 is 1.23 bits per heavy atom. The van der Waals surface area contributed by atoms with Crippen molar-refractivity contribution in [3.8, 4) is 0 Å². The molecular formula is C7H11F3N2S. The van der Waals surface area contributed by atoms with Crippen molar-refractivity contribution in [2.24, 2.45) is 0 Å². The van der Waals surface area contributed by atoms with Crippen LogP contribution in [-0.4, -0.2) is 10.2 Å². The van der Waals surface area contributed by atoms with Crippen LogP contribution < -0.4 is 0 Å². The third kappa shape index (κ3) is 3.71. The maximum absolute atomic E-state index is 11.8. The number of hydrogen-bond donors (Lipinski definition) is 0. The summed E-state index contributed by atoms with van der Waals surface area (Å²) in [4.78, 5) is 0. The summed E-state index contributed by atoms with van der Waals surface area (Å²) in [6, 6.07) is 0. The van der Waals surface area contributed by atoms with Gasteiger partial charge in [-0.15, -0.1) is 10.2 Å². The average Bonchev–Trinajstić information content (AvgIpc) is 2.54. The number of rotatable bonds is 1. The van der Waals surface area contributed by atoms with Gasteiger partial charge in [-0.25, -0.2) is 0 Å². The van der Waals surface area contributed by atoms with Gasteiger partial charge in [0.25, 0.3) is 0 Å². The van der Waals surface area contributed by atoms with Crippen LogP contribution in [0.4, 0.5) is 13.2 Å². The Morgan fingerprint density at radius 3 is 2.00 bits per heavy atom. The largest absolute Gasteiger partial charge is 0.445 e. The van der Waals surface area contributed by atoms with Crippen molar-refractivity contribution >= 4 is 11.3 Å². The fourth-order valence-electron chi connectivity index (χ4n) is 0.511. The molecule has 76 valence electrons. The van der Waals surface area contributed by atoms with Gasteiger partial charge < -0.3 is 0 Å². The minimum atomic E-state index is -4.34. The van der Waals surface area contributed by atoms with Crippen LogP contribution in [-0.2, 0) is 12.6 Å². The Hall–Kier alpha value is -0.650. The Labute approximate surface area is 78.8 Å². The lowest BCUT2D eigenvalue weighted by Crippen LogP contribution is -2.03. The van der Waals surface area contributed by atoms with E-state index in [2.05, 4.69) is 10.2 Å². The second-order valence-corrected chi connectivity index (χ2v) is 2.91. The predicted octanol–water partition coefficient (Wildman–Crippen LogP) is 3.15. The van der Waals surface area contributed by atoms with E-state index in [1.807, 2.05) is 13.8 Å². The molecule has 0 unspecified atom stereocenters. The van der Waals surface area contributed by atoms with E-state index in [1.165, 1.54) is 0 Å². The van der Waals surface area contributed by atoms with Gasteiger partial charge >= 0.3 is 6.18 Å². The molecule has 0 aliphatic rings. The Kier molecular flexibility index (Phi) is 4.90. The topological polar surface area (TPSA) is 25.8 Å². The highest BCUT2D eigenvalue weighted by Crippen LogP contribution is 2.31. The Bertz CT molecular complexity index is 244. The number of hydrogen-bond acceptors (Lipinski definition) is 3. The van der Waals surface area contributed by atoms with Gasteiger partial charge in [-0.2, -0.15) is 13.2 Å². The normalized spacial score (nSPS) is 10.6. The van der Waals surface area contributed by atoms with Gasteiger partial charge in [0.15, 0.2) is 0 Å². The smallest absolute Gasteiger partial charge is 0.164 e. The van der Waals surface area contributed by atoms with E-state index < -0.39 is 11.2 Å². The summed E-state index contributed by atoms with van der Waals surface area (Å²) in [5.41, 5.74) is 0. The van der Waals surface area contributed by atoms with Crippen molar-refractivity contribution in [2.45, 2.75) is 33.4 Å². The molecule has 0 N–H and O–H groups in total. The molecule has 0 aliphatic heterocycles. The lowest BCUT2D eigenvalue weighted by molar-refractivity contribution is -0.138. The van der Waals surface area contributed by atoms with Crippen molar-refractivity contribution in [3.63, 3.8) is 0 Å². The summed E-state index contributed by atoms with van der Waals surface area (Å²) in [5, 5.41) is 5.90. The second-order valence-electron chi connectivity index (χ2n) is 1.85. The maximum Gasteiger partial charge on any atom is 0.445 e. The van der Waals surface area contributed by atoms with E-state index in [0.717, 1.165) is 0 Å². The van der Waals surface area contributed by atoms with Crippen LogP contribution in [0, 0.1) is 0 Å². The van der Waals surface area contributed by atoms with E-state index in [-0.39, 0.29) is 0 Å². The minimum absolute atomic E-state index is 0.414. The van der Waals surface area contributed by atoms with Gasteiger partial charge in [0, 0.05) is 0 Å².